The SMILES string of the molecule is CC1CCCN(C(=O)c2cc(Nc3cccc(Cl)c3Cl)ccn2)C1. The molecule has 0 spiro atoms. The minimum absolute atomic E-state index is 0.0256. The zero-order valence-corrected chi connectivity index (χ0v) is 14.9. The first-order valence-electron chi connectivity index (χ1n) is 8.01. The molecule has 0 bridgehead atoms. The third kappa shape index (κ3) is 3.82. The Kier molecular flexibility index (Phi) is 5.27. The van der Waals surface area contributed by atoms with Crippen molar-refractivity contribution >= 4 is 40.5 Å². The number of nitrogens with one attached hydrogen (secondary N) is 1. The summed E-state index contributed by atoms with van der Waals surface area (Å²) in [5, 5.41) is 4.13. The molecule has 3 rings (SSSR count). The number of carbonyl (C=O) groups is 1. The van der Waals surface area contributed by atoms with Crippen LogP contribution in [0.1, 0.15) is 30.3 Å². The van der Waals surface area contributed by atoms with Gasteiger partial charge in [0.25, 0.3) is 5.91 Å². The first kappa shape index (κ1) is 17.1. The fraction of sp³-hybridized carbons (Fsp3) is 0.333. The van der Waals surface area contributed by atoms with Crippen molar-refractivity contribution < 1.29 is 4.79 Å². The second-order valence-electron chi connectivity index (χ2n) is 6.15. The number of piperidine rings is 1. The van der Waals surface area contributed by atoms with Crippen LogP contribution < -0.4 is 5.32 Å². The highest BCUT2D eigenvalue weighted by Crippen LogP contribution is 2.31. The normalized spacial score (nSPS) is 17.6. The molecule has 1 aliphatic rings. The lowest BCUT2D eigenvalue weighted by Gasteiger charge is -2.30. The molecular formula is C18H19Cl2N3O. The maximum Gasteiger partial charge on any atom is 0.272 e. The minimum Gasteiger partial charge on any atom is -0.354 e. The average molecular weight is 364 g/mol. The number of nitrogens with zero attached hydrogens (tertiary/aromatic N) is 2. The number of halogens is 2. The lowest BCUT2D eigenvalue weighted by molar-refractivity contribution is 0.0677. The van der Waals surface area contributed by atoms with Crippen molar-refractivity contribution in [2.24, 2.45) is 5.92 Å². The Morgan fingerprint density at radius 1 is 1.33 bits per heavy atom. The summed E-state index contributed by atoms with van der Waals surface area (Å²) < 4.78 is 0. The molecule has 2 aromatic rings. The van der Waals surface area contributed by atoms with Gasteiger partial charge >= 0.3 is 0 Å². The predicted molar refractivity (Wildman–Crippen MR) is 98.3 cm³/mol. The Hall–Kier alpha value is -1.78. The van der Waals surface area contributed by atoms with E-state index in [4.69, 9.17) is 23.2 Å². The lowest BCUT2D eigenvalue weighted by Crippen LogP contribution is -2.39. The Balaban J connectivity index is 1.79. The highest BCUT2D eigenvalue weighted by Gasteiger charge is 2.23. The van der Waals surface area contributed by atoms with E-state index >= 15 is 0 Å². The molecule has 0 radical (unpaired) electrons. The fourth-order valence-corrected chi connectivity index (χ4v) is 3.26. The third-order valence-electron chi connectivity index (χ3n) is 4.15. The van der Waals surface area contributed by atoms with E-state index in [1.165, 1.54) is 6.42 Å². The Morgan fingerprint density at radius 2 is 2.17 bits per heavy atom. The van der Waals surface area contributed by atoms with Crippen LogP contribution in [0.15, 0.2) is 36.5 Å². The topological polar surface area (TPSA) is 45.2 Å². The van der Waals surface area contributed by atoms with Gasteiger partial charge in [0.15, 0.2) is 0 Å². The zero-order valence-electron chi connectivity index (χ0n) is 13.4. The number of aromatic nitrogens is 1. The number of benzene rings is 1. The van der Waals surface area contributed by atoms with Gasteiger partial charge < -0.3 is 10.2 Å². The van der Waals surface area contributed by atoms with E-state index < -0.39 is 0 Å². The highest BCUT2D eigenvalue weighted by atomic mass is 35.5. The summed E-state index contributed by atoms with van der Waals surface area (Å²) >= 11 is 12.2. The quantitative estimate of drug-likeness (QED) is 0.833. The van der Waals surface area contributed by atoms with Crippen LogP contribution in [0.3, 0.4) is 0 Å². The van der Waals surface area contributed by atoms with E-state index in [0.29, 0.717) is 27.3 Å². The molecule has 1 aliphatic heterocycles. The largest absolute Gasteiger partial charge is 0.354 e. The van der Waals surface area contributed by atoms with Crippen molar-refractivity contribution in [2.45, 2.75) is 19.8 Å². The summed E-state index contributed by atoms with van der Waals surface area (Å²) in [5.41, 5.74) is 1.88. The first-order valence-corrected chi connectivity index (χ1v) is 8.76. The molecule has 1 N–H and O–H groups in total. The molecule has 1 saturated heterocycles. The Bertz CT molecular complexity index is 751. The highest BCUT2D eigenvalue weighted by molar-refractivity contribution is 6.43. The summed E-state index contributed by atoms with van der Waals surface area (Å²) in [4.78, 5) is 18.8. The third-order valence-corrected chi connectivity index (χ3v) is 4.97. The van der Waals surface area contributed by atoms with Gasteiger partial charge in [-0.15, -0.1) is 0 Å². The molecule has 1 atom stereocenters. The predicted octanol–water partition coefficient (Wildman–Crippen LogP) is 5.00. The van der Waals surface area contributed by atoms with Crippen LogP contribution in [0.5, 0.6) is 0 Å². The fourth-order valence-electron chi connectivity index (χ4n) is 2.92. The molecule has 0 aliphatic carbocycles. The van der Waals surface area contributed by atoms with Gasteiger partial charge in [-0.1, -0.05) is 36.2 Å². The van der Waals surface area contributed by atoms with Crippen molar-refractivity contribution in [3.63, 3.8) is 0 Å². The van der Waals surface area contributed by atoms with Crippen LogP contribution in [-0.2, 0) is 0 Å². The van der Waals surface area contributed by atoms with Gasteiger partial charge in [-0.2, -0.15) is 0 Å². The molecule has 1 unspecified atom stereocenters. The Morgan fingerprint density at radius 3 is 2.96 bits per heavy atom. The molecule has 24 heavy (non-hydrogen) atoms. The van der Waals surface area contributed by atoms with Crippen molar-refractivity contribution in [3.05, 3.63) is 52.3 Å². The van der Waals surface area contributed by atoms with Gasteiger partial charge in [0, 0.05) is 25.0 Å². The van der Waals surface area contributed by atoms with Crippen LogP contribution >= 0.6 is 23.2 Å². The van der Waals surface area contributed by atoms with Crippen molar-refractivity contribution in [1.29, 1.82) is 0 Å². The van der Waals surface area contributed by atoms with E-state index in [-0.39, 0.29) is 5.91 Å². The Labute approximate surface area is 151 Å². The number of carbonyl (C=O) groups excluding carboxylic acids is 1. The van der Waals surface area contributed by atoms with Gasteiger partial charge in [0.2, 0.25) is 0 Å². The maximum absolute atomic E-state index is 12.7. The minimum atomic E-state index is -0.0256. The monoisotopic (exact) mass is 363 g/mol. The van der Waals surface area contributed by atoms with E-state index in [1.807, 2.05) is 17.0 Å². The number of anilines is 2. The molecular weight excluding hydrogens is 345 g/mol. The van der Waals surface area contributed by atoms with E-state index in [0.717, 1.165) is 25.2 Å². The van der Waals surface area contributed by atoms with Crippen molar-refractivity contribution in [2.75, 3.05) is 18.4 Å². The molecule has 126 valence electrons. The van der Waals surface area contributed by atoms with E-state index in [9.17, 15) is 4.79 Å². The number of amides is 1. The molecule has 0 saturated carbocycles. The van der Waals surface area contributed by atoms with Gasteiger partial charge in [0.05, 0.1) is 15.7 Å². The number of rotatable bonds is 3. The van der Waals surface area contributed by atoms with Gasteiger partial charge in [-0.3, -0.25) is 9.78 Å². The molecule has 6 heteroatoms. The number of pyridine rings is 1. The first-order chi connectivity index (χ1) is 11.5. The molecule has 4 nitrogen and oxygen atoms in total. The van der Waals surface area contributed by atoms with Crippen LogP contribution in [-0.4, -0.2) is 28.9 Å². The summed E-state index contributed by atoms with van der Waals surface area (Å²) in [6.07, 6.45) is 3.84. The second-order valence-corrected chi connectivity index (χ2v) is 6.94. The molecule has 1 aromatic carbocycles. The smallest absolute Gasteiger partial charge is 0.272 e. The zero-order chi connectivity index (χ0) is 17.1. The standard InChI is InChI=1S/C18H19Cl2N3O/c1-12-4-3-9-23(11-12)18(24)16-10-13(7-8-21-16)22-15-6-2-5-14(19)17(15)20/h2,5-8,10,12H,3-4,9,11H2,1H3,(H,21,22). The summed E-state index contributed by atoms with van der Waals surface area (Å²) in [6, 6.07) is 8.93. The average Bonchev–Trinajstić information content (AvgIpc) is 2.58. The molecule has 1 fully saturated rings. The number of hydrogen-bond donors (Lipinski definition) is 1. The summed E-state index contributed by atoms with van der Waals surface area (Å²) in [7, 11) is 0. The molecule has 2 heterocycles. The maximum atomic E-state index is 12.7. The van der Waals surface area contributed by atoms with Crippen LogP contribution in [0.25, 0.3) is 0 Å². The van der Waals surface area contributed by atoms with Gasteiger partial charge in [0.1, 0.15) is 5.69 Å². The van der Waals surface area contributed by atoms with Crippen LogP contribution in [0.2, 0.25) is 10.0 Å². The van der Waals surface area contributed by atoms with Crippen molar-refractivity contribution in [1.82, 2.24) is 9.88 Å². The summed E-state index contributed by atoms with van der Waals surface area (Å²) in [5.74, 6) is 0.511. The number of hydrogen-bond acceptors (Lipinski definition) is 3. The van der Waals surface area contributed by atoms with Gasteiger partial charge in [-0.25, -0.2) is 0 Å². The number of likely N-dealkylation sites (tertiary alicyclic amines) is 1. The van der Waals surface area contributed by atoms with Crippen LogP contribution in [0.4, 0.5) is 11.4 Å². The van der Waals surface area contributed by atoms with E-state index in [2.05, 4.69) is 17.2 Å². The van der Waals surface area contributed by atoms with Crippen molar-refractivity contribution in [3.8, 4) is 0 Å². The summed E-state index contributed by atoms with van der Waals surface area (Å²) in [6.45, 7) is 3.76. The van der Waals surface area contributed by atoms with Gasteiger partial charge in [-0.05, 0) is 43.0 Å². The van der Waals surface area contributed by atoms with Crippen LogP contribution in [0, 0.1) is 5.92 Å². The lowest BCUT2D eigenvalue weighted by atomic mass is 10.00. The molecule has 1 aromatic heterocycles. The molecule has 1 amide bonds. The second kappa shape index (κ2) is 7.41. The van der Waals surface area contributed by atoms with E-state index in [1.54, 1.807) is 24.4 Å².